The molecule has 40 heavy (non-hydrogen) atoms. The number of rotatable bonds is 11. The summed E-state index contributed by atoms with van der Waals surface area (Å²) in [6.45, 7) is 8.69. The predicted octanol–water partition coefficient (Wildman–Crippen LogP) is 6.06. The second-order valence-electron chi connectivity index (χ2n) is 10.5. The first kappa shape index (κ1) is 29.1. The van der Waals surface area contributed by atoms with Crippen LogP contribution in [0.1, 0.15) is 50.1 Å². The summed E-state index contributed by atoms with van der Waals surface area (Å²) in [6.07, 6.45) is -1.03. The summed E-state index contributed by atoms with van der Waals surface area (Å²) in [7, 11) is 0. The Morgan fingerprint density at radius 1 is 1.05 bits per heavy atom. The lowest BCUT2D eigenvalue weighted by molar-refractivity contribution is -0.0930. The Morgan fingerprint density at radius 2 is 1.85 bits per heavy atom. The Hall–Kier alpha value is -3.85. The van der Waals surface area contributed by atoms with Crippen LogP contribution in [0.15, 0.2) is 71.1 Å². The molecule has 3 aromatic carbocycles. The molecule has 212 valence electrons. The lowest BCUT2D eigenvalue weighted by Crippen LogP contribution is -2.32. The quantitative estimate of drug-likeness (QED) is 0.196. The molecule has 0 saturated heterocycles. The molecule has 1 heterocycles. The number of aliphatic hydroxyl groups is 1. The van der Waals surface area contributed by atoms with Crippen molar-refractivity contribution in [2.45, 2.75) is 65.7 Å². The number of amides is 1. The predicted molar refractivity (Wildman–Crippen MR) is 155 cm³/mol. The molecule has 1 aromatic heterocycles. The molecular formula is C32H38N2O6. The third-order valence-electron chi connectivity index (χ3n) is 6.12. The van der Waals surface area contributed by atoms with Crippen LogP contribution in [-0.4, -0.2) is 29.7 Å². The van der Waals surface area contributed by atoms with Crippen LogP contribution in [0.25, 0.3) is 22.1 Å². The van der Waals surface area contributed by atoms with Crippen LogP contribution < -0.4 is 15.8 Å². The zero-order valence-corrected chi connectivity index (χ0v) is 23.5. The Balaban J connectivity index is 1.59. The largest absolute Gasteiger partial charge is 0.489 e. The molecule has 1 amide bonds. The number of ether oxygens (including phenoxy) is 3. The van der Waals surface area contributed by atoms with Gasteiger partial charge in [0.25, 0.3) is 0 Å². The fraction of sp³-hybridized carbons (Fsp3) is 0.344. The Bertz CT molecular complexity index is 1440. The zero-order chi connectivity index (χ0) is 28.7. The fourth-order valence-electron chi connectivity index (χ4n) is 4.42. The first-order valence-corrected chi connectivity index (χ1v) is 13.5. The number of fused-ring (bicyclic) bond motifs is 1. The summed E-state index contributed by atoms with van der Waals surface area (Å²) in [4.78, 5) is 12.2. The molecular weight excluding hydrogens is 508 g/mol. The number of benzene rings is 3. The van der Waals surface area contributed by atoms with E-state index < -0.39 is 18.0 Å². The summed E-state index contributed by atoms with van der Waals surface area (Å²) in [6, 6.07) is 21.6. The van der Waals surface area contributed by atoms with Gasteiger partial charge in [0.2, 0.25) is 0 Å². The van der Waals surface area contributed by atoms with Gasteiger partial charge in [0, 0.05) is 30.5 Å². The van der Waals surface area contributed by atoms with Crippen LogP contribution >= 0.6 is 0 Å². The molecule has 0 aliphatic heterocycles. The van der Waals surface area contributed by atoms with Gasteiger partial charge in [-0.05, 0) is 80.3 Å². The van der Waals surface area contributed by atoms with Gasteiger partial charge in [-0.25, -0.2) is 4.79 Å². The first-order valence-electron chi connectivity index (χ1n) is 13.5. The molecule has 4 aromatic rings. The average Bonchev–Trinajstić information content (AvgIpc) is 3.34. The number of nitrogens with one attached hydrogen (secondary N) is 1. The summed E-state index contributed by atoms with van der Waals surface area (Å²) in [5.41, 5.74) is 10.6. The minimum atomic E-state index is -0.893. The molecule has 8 heteroatoms. The van der Waals surface area contributed by atoms with E-state index in [2.05, 4.69) is 5.32 Å². The Kier molecular flexibility index (Phi) is 9.47. The van der Waals surface area contributed by atoms with Crippen molar-refractivity contribution in [2.75, 3.05) is 6.61 Å². The summed E-state index contributed by atoms with van der Waals surface area (Å²) in [5, 5.41) is 13.9. The molecule has 0 bridgehead atoms. The Morgan fingerprint density at radius 3 is 2.60 bits per heavy atom. The molecule has 4 N–H and O–H groups in total. The average molecular weight is 547 g/mol. The third kappa shape index (κ3) is 7.85. The van der Waals surface area contributed by atoms with E-state index in [4.69, 9.17) is 24.4 Å². The lowest BCUT2D eigenvalue weighted by Gasteiger charge is -2.19. The third-order valence-corrected chi connectivity index (χ3v) is 6.12. The van der Waals surface area contributed by atoms with Crippen LogP contribution in [0, 0.1) is 0 Å². The summed E-state index contributed by atoms with van der Waals surface area (Å²) in [5.74, 6) is 1.38. The van der Waals surface area contributed by atoms with Crippen molar-refractivity contribution in [2.24, 2.45) is 5.73 Å². The maximum absolute atomic E-state index is 12.2. The van der Waals surface area contributed by atoms with Crippen LogP contribution in [0.2, 0.25) is 0 Å². The molecule has 0 fully saturated rings. The summed E-state index contributed by atoms with van der Waals surface area (Å²) < 4.78 is 23.0. The highest BCUT2D eigenvalue weighted by molar-refractivity contribution is 5.93. The number of carbonyl (C=O) groups excluding carboxylic acids is 1. The van der Waals surface area contributed by atoms with E-state index in [1.165, 1.54) is 0 Å². The van der Waals surface area contributed by atoms with Crippen LogP contribution in [0.3, 0.4) is 0 Å². The number of nitrogens with two attached hydrogens (primary N) is 1. The van der Waals surface area contributed by atoms with Crippen LogP contribution in [0.5, 0.6) is 5.75 Å². The van der Waals surface area contributed by atoms with Crippen molar-refractivity contribution in [1.29, 1.82) is 0 Å². The van der Waals surface area contributed by atoms with Crippen molar-refractivity contribution in [3.63, 3.8) is 0 Å². The van der Waals surface area contributed by atoms with Crippen molar-refractivity contribution in [1.82, 2.24) is 5.32 Å². The monoisotopic (exact) mass is 546 g/mol. The van der Waals surface area contributed by atoms with Crippen molar-refractivity contribution in [3.05, 3.63) is 89.2 Å². The highest BCUT2D eigenvalue weighted by atomic mass is 16.6. The van der Waals surface area contributed by atoms with Gasteiger partial charge in [-0.1, -0.05) is 36.4 Å². The van der Waals surface area contributed by atoms with Gasteiger partial charge >= 0.3 is 6.09 Å². The van der Waals surface area contributed by atoms with E-state index in [0.29, 0.717) is 37.7 Å². The smallest absolute Gasteiger partial charge is 0.407 e. The van der Waals surface area contributed by atoms with Crippen LogP contribution in [0.4, 0.5) is 4.79 Å². The normalized spacial score (nSPS) is 12.3. The molecule has 1 unspecified atom stereocenters. The van der Waals surface area contributed by atoms with E-state index in [-0.39, 0.29) is 6.54 Å². The number of aliphatic hydroxyl groups excluding tert-OH is 1. The molecule has 0 aliphatic carbocycles. The molecule has 8 nitrogen and oxygen atoms in total. The molecule has 0 saturated carbocycles. The van der Waals surface area contributed by atoms with Crippen molar-refractivity contribution >= 4 is 17.1 Å². The molecule has 4 rings (SSSR count). The number of para-hydroxylation sites is 1. The minimum Gasteiger partial charge on any atom is -0.489 e. The van der Waals surface area contributed by atoms with Gasteiger partial charge in [-0.3, -0.25) is 0 Å². The van der Waals surface area contributed by atoms with Gasteiger partial charge in [0.05, 0.1) is 6.54 Å². The maximum Gasteiger partial charge on any atom is 0.407 e. The fourth-order valence-corrected chi connectivity index (χ4v) is 4.42. The van der Waals surface area contributed by atoms with Gasteiger partial charge in [0.15, 0.2) is 6.29 Å². The molecule has 0 radical (unpaired) electrons. The van der Waals surface area contributed by atoms with Gasteiger partial charge in [-0.15, -0.1) is 0 Å². The van der Waals surface area contributed by atoms with E-state index in [0.717, 1.165) is 38.8 Å². The minimum absolute atomic E-state index is 0.287. The second-order valence-corrected chi connectivity index (χ2v) is 10.5. The zero-order valence-electron chi connectivity index (χ0n) is 23.5. The Labute approximate surface area is 235 Å². The number of carbonyl (C=O) groups is 1. The van der Waals surface area contributed by atoms with Gasteiger partial charge < -0.3 is 34.8 Å². The number of hydrogen-bond donors (Lipinski definition) is 3. The van der Waals surface area contributed by atoms with Crippen molar-refractivity contribution < 1.29 is 28.5 Å². The molecule has 0 spiro atoms. The standard InChI is InChI=1S/C32H38N2O6/c1-5-37-29(35)17-24-10-6-7-12-28(24)38-20-22-14-25-16-26(18-33)39-30(25)27(15-22)23-11-8-9-21(13-23)19-34-31(36)40-32(2,3)4/h6-16,29,35H,5,17-20,33H2,1-4H3,(H,34,36). The molecule has 0 aliphatic rings. The van der Waals surface area contributed by atoms with Crippen molar-refractivity contribution in [3.8, 4) is 16.9 Å². The van der Waals surface area contributed by atoms with Crippen LogP contribution in [-0.2, 0) is 35.6 Å². The SMILES string of the molecule is CCOC(O)Cc1ccccc1OCc1cc(-c2cccc(CNC(=O)OC(C)(C)C)c2)c2oc(CN)cc2c1. The lowest BCUT2D eigenvalue weighted by atomic mass is 9.99. The van der Waals surface area contributed by atoms with E-state index in [9.17, 15) is 9.90 Å². The van der Waals surface area contributed by atoms with E-state index in [1.807, 2.05) is 94.4 Å². The second kappa shape index (κ2) is 13.0. The maximum atomic E-state index is 12.2. The van der Waals surface area contributed by atoms with E-state index >= 15 is 0 Å². The number of furan rings is 1. The number of alkyl carbamates (subject to hydrolysis) is 1. The van der Waals surface area contributed by atoms with Gasteiger partial charge in [-0.2, -0.15) is 0 Å². The topological polar surface area (TPSA) is 116 Å². The van der Waals surface area contributed by atoms with E-state index in [1.54, 1.807) is 0 Å². The highest BCUT2D eigenvalue weighted by Gasteiger charge is 2.17. The first-order chi connectivity index (χ1) is 19.1. The van der Waals surface area contributed by atoms with Gasteiger partial charge in [0.1, 0.15) is 29.3 Å². The number of hydrogen-bond acceptors (Lipinski definition) is 7. The molecule has 1 atom stereocenters. The summed E-state index contributed by atoms with van der Waals surface area (Å²) >= 11 is 0. The highest BCUT2D eigenvalue weighted by Crippen LogP contribution is 2.34.